The molecule has 0 aromatic carbocycles. The number of carboxylic acids is 1. The largest absolute Gasteiger partial charge is 0.480 e. The average molecular weight is 254 g/mol. The third-order valence-corrected chi connectivity index (χ3v) is 2.77. The van der Waals surface area contributed by atoms with Gasteiger partial charge in [-0.1, -0.05) is 5.92 Å². The van der Waals surface area contributed by atoms with Gasteiger partial charge in [0, 0.05) is 6.54 Å². The summed E-state index contributed by atoms with van der Waals surface area (Å²) in [6, 6.07) is -1.87. The molecular formula is C12H18N2O4. The highest BCUT2D eigenvalue weighted by Gasteiger charge is 2.30. The first kappa shape index (κ1) is 14.3. The molecule has 0 aliphatic heterocycles. The van der Waals surface area contributed by atoms with Crippen molar-refractivity contribution in [3.8, 4) is 12.3 Å². The average Bonchev–Trinajstić information content (AvgIpc) is 3.07. The van der Waals surface area contributed by atoms with Crippen LogP contribution in [0.25, 0.3) is 0 Å². The van der Waals surface area contributed by atoms with E-state index in [2.05, 4.69) is 11.2 Å². The fraction of sp³-hybridized carbons (Fsp3) is 0.667. The first-order valence-electron chi connectivity index (χ1n) is 5.85. The molecule has 2 unspecified atom stereocenters. The molecule has 2 amide bonds. The number of terminal acetylenes is 1. The lowest BCUT2D eigenvalue weighted by molar-refractivity contribution is -0.141. The van der Waals surface area contributed by atoms with Crippen molar-refractivity contribution in [2.24, 2.45) is 5.92 Å². The number of carbonyl (C=O) groups is 2. The fourth-order valence-electron chi connectivity index (χ4n) is 1.55. The molecule has 2 atom stereocenters. The Bertz CT molecular complexity index is 358. The van der Waals surface area contributed by atoms with Gasteiger partial charge in [-0.25, -0.2) is 9.59 Å². The van der Waals surface area contributed by atoms with Crippen molar-refractivity contribution in [2.75, 3.05) is 13.1 Å². The number of carboxylic acid groups (broad SMARTS) is 1. The minimum absolute atomic E-state index is 0.133. The lowest BCUT2D eigenvalue weighted by Gasteiger charge is -2.24. The van der Waals surface area contributed by atoms with Crippen molar-refractivity contribution < 1.29 is 19.8 Å². The Balaban J connectivity index is 2.58. The molecule has 0 bridgehead atoms. The van der Waals surface area contributed by atoms with Crippen molar-refractivity contribution in [1.29, 1.82) is 0 Å². The lowest BCUT2D eigenvalue weighted by atomic mass is 10.2. The number of aliphatic hydroxyl groups is 1. The predicted octanol–water partition coefficient (Wildman–Crippen LogP) is -0.125. The van der Waals surface area contributed by atoms with E-state index in [1.165, 1.54) is 11.8 Å². The Hall–Kier alpha value is -1.74. The van der Waals surface area contributed by atoms with Gasteiger partial charge >= 0.3 is 12.0 Å². The predicted molar refractivity (Wildman–Crippen MR) is 64.8 cm³/mol. The Morgan fingerprint density at radius 1 is 1.56 bits per heavy atom. The summed E-state index contributed by atoms with van der Waals surface area (Å²) < 4.78 is 0. The number of aliphatic hydroxyl groups excluding tert-OH is 1. The van der Waals surface area contributed by atoms with E-state index in [0.29, 0.717) is 12.5 Å². The molecule has 1 aliphatic carbocycles. The Kier molecular flexibility index (Phi) is 4.98. The van der Waals surface area contributed by atoms with Crippen LogP contribution in [0.1, 0.15) is 19.8 Å². The zero-order chi connectivity index (χ0) is 13.7. The Morgan fingerprint density at radius 2 is 2.17 bits per heavy atom. The molecule has 1 aliphatic rings. The van der Waals surface area contributed by atoms with E-state index in [9.17, 15) is 14.7 Å². The standard InChI is InChI=1S/C12H18N2O4/c1-3-6-14(7-9-4-5-9)12(18)13-10(8(2)15)11(16)17/h1,8-10,15H,4-7H2,2H3,(H,13,18)(H,16,17). The second kappa shape index (κ2) is 6.26. The van der Waals surface area contributed by atoms with Gasteiger partial charge in [0.05, 0.1) is 12.6 Å². The molecule has 18 heavy (non-hydrogen) atoms. The van der Waals surface area contributed by atoms with Crippen LogP contribution >= 0.6 is 0 Å². The zero-order valence-electron chi connectivity index (χ0n) is 10.3. The lowest BCUT2D eigenvalue weighted by Crippen LogP contribution is -2.52. The minimum atomic E-state index is -1.32. The van der Waals surface area contributed by atoms with Gasteiger partial charge in [0.15, 0.2) is 6.04 Å². The van der Waals surface area contributed by atoms with Crippen LogP contribution in [0.2, 0.25) is 0 Å². The summed E-state index contributed by atoms with van der Waals surface area (Å²) >= 11 is 0. The van der Waals surface area contributed by atoms with Crippen molar-refractivity contribution >= 4 is 12.0 Å². The number of rotatable bonds is 6. The van der Waals surface area contributed by atoms with Gasteiger partial charge in [0.2, 0.25) is 0 Å². The van der Waals surface area contributed by atoms with Gasteiger partial charge in [-0.2, -0.15) is 0 Å². The van der Waals surface area contributed by atoms with Gasteiger partial charge in [0.1, 0.15) is 0 Å². The molecule has 0 aromatic heterocycles. The van der Waals surface area contributed by atoms with E-state index in [0.717, 1.165) is 12.8 Å². The number of amides is 2. The van der Waals surface area contributed by atoms with E-state index in [1.807, 2.05) is 0 Å². The van der Waals surface area contributed by atoms with Gasteiger partial charge in [0.25, 0.3) is 0 Å². The number of hydrogen-bond donors (Lipinski definition) is 3. The number of hydrogen-bond acceptors (Lipinski definition) is 3. The molecule has 0 saturated heterocycles. The quantitative estimate of drug-likeness (QED) is 0.576. The van der Waals surface area contributed by atoms with Crippen molar-refractivity contribution in [3.05, 3.63) is 0 Å². The Labute approximate surface area is 106 Å². The SMILES string of the molecule is C#CCN(CC1CC1)C(=O)NC(C(=O)O)C(C)O. The number of urea groups is 1. The molecule has 6 nitrogen and oxygen atoms in total. The minimum Gasteiger partial charge on any atom is -0.480 e. The summed E-state index contributed by atoms with van der Waals surface area (Å²) in [5.41, 5.74) is 0. The third-order valence-electron chi connectivity index (χ3n) is 2.77. The number of aliphatic carboxylic acids is 1. The van der Waals surface area contributed by atoms with Crippen LogP contribution in [0, 0.1) is 18.3 Å². The van der Waals surface area contributed by atoms with Crippen LogP contribution < -0.4 is 5.32 Å². The highest BCUT2D eigenvalue weighted by atomic mass is 16.4. The van der Waals surface area contributed by atoms with Gasteiger partial charge in [-0.05, 0) is 25.7 Å². The highest BCUT2D eigenvalue weighted by molar-refractivity contribution is 5.83. The van der Waals surface area contributed by atoms with Crippen molar-refractivity contribution in [2.45, 2.75) is 31.9 Å². The molecule has 0 aromatic rings. The molecule has 100 valence electrons. The Morgan fingerprint density at radius 3 is 2.56 bits per heavy atom. The highest BCUT2D eigenvalue weighted by Crippen LogP contribution is 2.29. The maximum absolute atomic E-state index is 11.9. The molecule has 0 heterocycles. The number of nitrogens with zero attached hydrogens (tertiary/aromatic N) is 1. The van der Waals surface area contributed by atoms with Crippen LogP contribution in [0.4, 0.5) is 4.79 Å². The first-order chi connectivity index (χ1) is 8.45. The van der Waals surface area contributed by atoms with Crippen molar-refractivity contribution in [3.63, 3.8) is 0 Å². The molecule has 6 heteroatoms. The van der Waals surface area contributed by atoms with Crippen LogP contribution in [0.3, 0.4) is 0 Å². The van der Waals surface area contributed by atoms with E-state index >= 15 is 0 Å². The second-order valence-corrected chi connectivity index (χ2v) is 4.53. The normalized spacial score (nSPS) is 17.4. The molecule has 0 spiro atoms. The molecule has 1 saturated carbocycles. The number of nitrogens with one attached hydrogen (secondary N) is 1. The topological polar surface area (TPSA) is 89.9 Å². The van der Waals surface area contributed by atoms with Crippen LogP contribution in [-0.2, 0) is 4.79 Å². The summed E-state index contributed by atoms with van der Waals surface area (Å²) in [5, 5.41) is 20.4. The smallest absolute Gasteiger partial charge is 0.328 e. The fourth-order valence-corrected chi connectivity index (χ4v) is 1.55. The van der Waals surface area contributed by atoms with Crippen LogP contribution in [0.5, 0.6) is 0 Å². The zero-order valence-corrected chi connectivity index (χ0v) is 10.3. The van der Waals surface area contributed by atoms with Crippen LogP contribution in [0.15, 0.2) is 0 Å². The molecule has 1 fully saturated rings. The van der Waals surface area contributed by atoms with Gasteiger partial charge in [-0.15, -0.1) is 6.42 Å². The van der Waals surface area contributed by atoms with E-state index in [1.54, 1.807) is 0 Å². The van der Waals surface area contributed by atoms with Gasteiger partial charge in [-0.3, -0.25) is 0 Å². The van der Waals surface area contributed by atoms with E-state index < -0.39 is 24.1 Å². The summed E-state index contributed by atoms with van der Waals surface area (Å²) in [7, 11) is 0. The first-order valence-corrected chi connectivity index (χ1v) is 5.85. The van der Waals surface area contributed by atoms with Crippen molar-refractivity contribution in [1.82, 2.24) is 10.2 Å². The van der Waals surface area contributed by atoms with Gasteiger partial charge < -0.3 is 20.4 Å². The monoisotopic (exact) mass is 254 g/mol. The molecule has 0 radical (unpaired) electrons. The molecular weight excluding hydrogens is 236 g/mol. The molecule has 1 rings (SSSR count). The third kappa shape index (κ3) is 4.26. The summed E-state index contributed by atoms with van der Waals surface area (Å²) in [4.78, 5) is 24.1. The second-order valence-electron chi connectivity index (χ2n) is 4.53. The molecule has 3 N–H and O–H groups in total. The van der Waals surface area contributed by atoms with E-state index in [-0.39, 0.29) is 6.54 Å². The maximum atomic E-state index is 11.9. The number of carbonyl (C=O) groups excluding carboxylic acids is 1. The van der Waals surface area contributed by atoms with E-state index in [4.69, 9.17) is 11.5 Å². The summed E-state index contributed by atoms with van der Waals surface area (Å²) in [5.74, 6) is 1.55. The summed E-state index contributed by atoms with van der Waals surface area (Å²) in [6.07, 6.45) is 6.13. The van der Waals surface area contributed by atoms with Crippen LogP contribution in [-0.4, -0.2) is 52.3 Å². The maximum Gasteiger partial charge on any atom is 0.328 e. The summed E-state index contributed by atoms with van der Waals surface area (Å²) in [6.45, 7) is 1.97.